The summed E-state index contributed by atoms with van der Waals surface area (Å²) in [5.41, 5.74) is 0.822. The maximum Gasteiger partial charge on any atom is 0.339 e. The van der Waals surface area contributed by atoms with Crippen molar-refractivity contribution in [2.24, 2.45) is 0 Å². The molecule has 0 amide bonds. The highest BCUT2D eigenvalue weighted by atomic mass is 32.2. The number of hydrogen-bond acceptors (Lipinski definition) is 7. The van der Waals surface area contributed by atoms with Crippen molar-refractivity contribution < 1.29 is 24.1 Å². The van der Waals surface area contributed by atoms with E-state index in [4.69, 9.17) is 14.2 Å². The average Bonchev–Trinajstić information content (AvgIpc) is 2.59. The molecule has 0 bridgehead atoms. The van der Waals surface area contributed by atoms with Crippen molar-refractivity contribution >= 4 is 17.7 Å². The Labute approximate surface area is 137 Å². The van der Waals surface area contributed by atoms with Gasteiger partial charge < -0.3 is 19.3 Å². The van der Waals surface area contributed by atoms with Crippen LogP contribution in [0.4, 0.5) is 0 Å². The minimum absolute atomic E-state index is 0.00271. The van der Waals surface area contributed by atoms with E-state index in [1.807, 2.05) is 6.26 Å². The first-order valence-electron chi connectivity index (χ1n) is 6.50. The number of carboxylic acid groups (broad SMARTS) is 1. The van der Waals surface area contributed by atoms with Gasteiger partial charge in [-0.15, -0.1) is 0 Å². The van der Waals surface area contributed by atoms with Crippen LogP contribution in [-0.4, -0.2) is 48.6 Å². The number of carboxylic acids is 1. The Bertz CT molecular complexity index is 711. The second-order valence-electron chi connectivity index (χ2n) is 4.34. The van der Waals surface area contributed by atoms with Gasteiger partial charge in [-0.3, -0.25) is 0 Å². The van der Waals surface area contributed by atoms with Crippen LogP contribution in [-0.2, 0) is 0 Å². The van der Waals surface area contributed by atoms with Gasteiger partial charge in [-0.2, -0.15) is 0 Å². The highest BCUT2D eigenvalue weighted by molar-refractivity contribution is 7.98. The van der Waals surface area contributed by atoms with Crippen LogP contribution in [0.3, 0.4) is 0 Å². The summed E-state index contributed by atoms with van der Waals surface area (Å²) < 4.78 is 15.9. The summed E-state index contributed by atoms with van der Waals surface area (Å²) in [5.74, 6) is 0.154. The molecule has 0 aliphatic heterocycles. The van der Waals surface area contributed by atoms with Gasteiger partial charge in [-0.1, -0.05) is 11.8 Å². The van der Waals surface area contributed by atoms with E-state index in [2.05, 4.69) is 9.97 Å². The van der Waals surface area contributed by atoms with Crippen molar-refractivity contribution in [2.75, 3.05) is 27.6 Å². The third-order valence-corrected chi connectivity index (χ3v) is 3.68. The summed E-state index contributed by atoms with van der Waals surface area (Å²) in [6.45, 7) is 0. The first-order chi connectivity index (χ1) is 11.0. The summed E-state index contributed by atoms with van der Waals surface area (Å²) >= 11 is 1.32. The molecule has 122 valence electrons. The minimum atomic E-state index is -1.11. The molecule has 0 spiro atoms. The molecule has 0 fully saturated rings. The molecule has 8 heteroatoms. The molecule has 0 aliphatic carbocycles. The van der Waals surface area contributed by atoms with E-state index in [0.717, 1.165) is 0 Å². The molecule has 23 heavy (non-hydrogen) atoms. The molecule has 1 aromatic carbocycles. The number of benzene rings is 1. The predicted molar refractivity (Wildman–Crippen MR) is 85.9 cm³/mol. The molecule has 1 aromatic heterocycles. The first-order valence-corrected chi connectivity index (χ1v) is 7.72. The largest absolute Gasteiger partial charge is 0.493 e. The van der Waals surface area contributed by atoms with E-state index in [-0.39, 0.29) is 11.3 Å². The molecule has 2 rings (SSSR count). The normalized spacial score (nSPS) is 10.3. The molecule has 0 unspecified atom stereocenters. The van der Waals surface area contributed by atoms with Crippen molar-refractivity contribution in [1.82, 2.24) is 9.97 Å². The minimum Gasteiger partial charge on any atom is -0.493 e. The van der Waals surface area contributed by atoms with Crippen LogP contribution in [0, 0.1) is 0 Å². The molecule has 0 radical (unpaired) electrons. The summed E-state index contributed by atoms with van der Waals surface area (Å²) in [5, 5.41) is 9.84. The van der Waals surface area contributed by atoms with Crippen LogP contribution < -0.4 is 14.2 Å². The zero-order valence-corrected chi connectivity index (χ0v) is 13.9. The van der Waals surface area contributed by atoms with Gasteiger partial charge in [0.2, 0.25) is 5.75 Å². The summed E-state index contributed by atoms with van der Waals surface area (Å²) in [7, 11) is 4.48. The van der Waals surface area contributed by atoms with E-state index < -0.39 is 5.97 Å². The lowest BCUT2D eigenvalue weighted by atomic mass is 10.1. The Morgan fingerprint density at radius 2 is 1.74 bits per heavy atom. The van der Waals surface area contributed by atoms with Crippen LogP contribution in [0.1, 0.15) is 10.4 Å². The summed E-state index contributed by atoms with van der Waals surface area (Å²) in [6, 6.07) is 3.31. The van der Waals surface area contributed by atoms with Crippen LogP contribution in [0.25, 0.3) is 11.3 Å². The highest BCUT2D eigenvalue weighted by Crippen LogP contribution is 2.41. The lowest BCUT2D eigenvalue weighted by Gasteiger charge is -2.15. The van der Waals surface area contributed by atoms with Gasteiger partial charge in [0.1, 0.15) is 5.56 Å². The van der Waals surface area contributed by atoms with Crippen LogP contribution in [0.2, 0.25) is 0 Å². The van der Waals surface area contributed by atoms with Crippen molar-refractivity contribution in [3.05, 3.63) is 23.9 Å². The van der Waals surface area contributed by atoms with Gasteiger partial charge in [0.25, 0.3) is 0 Å². The van der Waals surface area contributed by atoms with E-state index in [1.165, 1.54) is 39.3 Å². The SMILES string of the molecule is COc1cc(-c2nc(SC)ncc2C(=O)O)cc(OC)c1OC. The zero-order valence-electron chi connectivity index (χ0n) is 13.1. The van der Waals surface area contributed by atoms with E-state index in [1.54, 1.807) is 12.1 Å². The fraction of sp³-hybridized carbons (Fsp3) is 0.267. The fourth-order valence-electron chi connectivity index (χ4n) is 2.06. The van der Waals surface area contributed by atoms with Crippen molar-refractivity contribution in [3.8, 4) is 28.5 Å². The summed E-state index contributed by atoms with van der Waals surface area (Å²) in [6.07, 6.45) is 3.11. The lowest BCUT2D eigenvalue weighted by molar-refractivity contribution is 0.0696. The second-order valence-corrected chi connectivity index (χ2v) is 5.11. The number of aromatic nitrogens is 2. The van der Waals surface area contributed by atoms with Gasteiger partial charge in [-0.05, 0) is 18.4 Å². The molecular weight excluding hydrogens is 320 g/mol. The van der Waals surface area contributed by atoms with Gasteiger partial charge >= 0.3 is 5.97 Å². The molecule has 2 aromatic rings. The second kappa shape index (κ2) is 7.19. The van der Waals surface area contributed by atoms with Gasteiger partial charge in [0.15, 0.2) is 16.7 Å². The monoisotopic (exact) mass is 336 g/mol. The Balaban J connectivity index is 2.72. The zero-order chi connectivity index (χ0) is 17.0. The van der Waals surface area contributed by atoms with Gasteiger partial charge in [0.05, 0.1) is 27.0 Å². The molecule has 1 heterocycles. The van der Waals surface area contributed by atoms with Crippen LogP contribution in [0.5, 0.6) is 17.2 Å². The Hall–Kier alpha value is -2.48. The van der Waals surface area contributed by atoms with E-state index in [9.17, 15) is 9.90 Å². The first kappa shape index (κ1) is 16.9. The fourth-order valence-corrected chi connectivity index (χ4v) is 2.40. The van der Waals surface area contributed by atoms with Crippen molar-refractivity contribution in [3.63, 3.8) is 0 Å². The number of rotatable bonds is 6. The van der Waals surface area contributed by atoms with E-state index in [0.29, 0.717) is 28.0 Å². The predicted octanol–water partition coefficient (Wildman–Crippen LogP) is 2.59. The van der Waals surface area contributed by atoms with Crippen molar-refractivity contribution in [2.45, 2.75) is 5.16 Å². The highest BCUT2D eigenvalue weighted by Gasteiger charge is 2.20. The Morgan fingerprint density at radius 3 is 2.17 bits per heavy atom. The van der Waals surface area contributed by atoms with Crippen molar-refractivity contribution in [1.29, 1.82) is 0 Å². The number of nitrogens with zero attached hydrogens (tertiary/aromatic N) is 2. The maximum atomic E-state index is 11.5. The average molecular weight is 336 g/mol. The maximum absolute atomic E-state index is 11.5. The summed E-state index contributed by atoms with van der Waals surface area (Å²) in [4.78, 5) is 19.8. The van der Waals surface area contributed by atoms with Crippen LogP contribution in [0.15, 0.2) is 23.5 Å². The lowest BCUT2D eigenvalue weighted by Crippen LogP contribution is -2.05. The smallest absolute Gasteiger partial charge is 0.339 e. The number of methoxy groups -OCH3 is 3. The van der Waals surface area contributed by atoms with E-state index >= 15 is 0 Å². The molecule has 0 aliphatic rings. The molecular formula is C15H16N2O5S. The third-order valence-electron chi connectivity index (χ3n) is 3.12. The van der Waals surface area contributed by atoms with Gasteiger partial charge in [0, 0.05) is 11.8 Å². The topological polar surface area (TPSA) is 90.8 Å². The third kappa shape index (κ3) is 3.31. The number of thioether (sulfide) groups is 1. The Morgan fingerprint density at radius 1 is 1.13 bits per heavy atom. The number of aromatic carboxylic acids is 1. The number of hydrogen-bond donors (Lipinski definition) is 1. The molecule has 0 saturated heterocycles. The number of ether oxygens (including phenoxy) is 3. The Kier molecular flexibility index (Phi) is 5.28. The quantitative estimate of drug-likeness (QED) is 0.636. The molecule has 0 atom stereocenters. The standard InChI is InChI=1S/C15H16N2O5S/c1-20-10-5-8(6-11(21-2)13(10)22-3)12-9(14(18)19)7-16-15(17-12)23-4/h5-7H,1-4H3,(H,18,19). The van der Waals surface area contributed by atoms with Gasteiger partial charge in [-0.25, -0.2) is 14.8 Å². The molecule has 1 N–H and O–H groups in total. The van der Waals surface area contributed by atoms with Crippen LogP contribution >= 0.6 is 11.8 Å². The number of carbonyl (C=O) groups is 1. The molecule has 0 saturated carbocycles. The molecule has 7 nitrogen and oxygen atoms in total.